The monoisotopic (exact) mass is 359 g/mol. The van der Waals surface area contributed by atoms with Crippen LogP contribution in [0.15, 0.2) is 23.1 Å². The summed E-state index contributed by atoms with van der Waals surface area (Å²) in [6, 6.07) is 2.19. The van der Waals surface area contributed by atoms with Gasteiger partial charge in [-0.25, -0.2) is 8.42 Å². The van der Waals surface area contributed by atoms with E-state index in [0.717, 1.165) is 16.4 Å². The molecule has 0 spiro atoms. The molecule has 1 aliphatic rings. The van der Waals surface area contributed by atoms with Crippen LogP contribution in [-0.2, 0) is 19.6 Å². The molecule has 0 aromatic heterocycles. The maximum atomic E-state index is 12.8. The van der Waals surface area contributed by atoms with Gasteiger partial charge in [0.05, 0.1) is 23.8 Å². The highest BCUT2D eigenvalue weighted by Gasteiger charge is 2.31. The van der Waals surface area contributed by atoms with Gasteiger partial charge in [-0.3, -0.25) is 14.9 Å². The van der Waals surface area contributed by atoms with E-state index in [9.17, 15) is 23.3 Å². The normalized spacial score (nSPS) is 17.2. The molecule has 0 unspecified atom stereocenters. The summed E-state index contributed by atoms with van der Waals surface area (Å²) in [7, 11) is -4.03. The second-order valence-electron chi connectivity index (χ2n) is 5.16. The number of nitro benzene ring substituents is 1. The molecule has 0 amide bonds. The van der Waals surface area contributed by atoms with E-state index < -0.39 is 32.6 Å². The number of carbonyl (C=O) groups is 1. The number of morpholine rings is 1. The molecule has 1 saturated heterocycles. The molecule has 10 nitrogen and oxygen atoms in total. The van der Waals surface area contributed by atoms with Crippen LogP contribution in [0.5, 0.6) is 0 Å². The van der Waals surface area contributed by atoms with E-state index in [4.69, 9.17) is 9.84 Å². The van der Waals surface area contributed by atoms with E-state index in [2.05, 4.69) is 5.32 Å². The minimum Gasteiger partial charge on any atom is -0.480 e. The molecular formula is C13H17N3O7S. The van der Waals surface area contributed by atoms with Crippen LogP contribution in [-0.4, -0.2) is 61.1 Å². The van der Waals surface area contributed by atoms with Crippen LogP contribution in [0, 0.1) is 10.1 Å². The van der Waals surface area contributed by atoms with Crippen molar-refractivity contribution in [1.29, 1.82) is 0 Å². The van der Waals surface area contributed by atoms with Crippen molar-refractivity contribution in [2.24, 2.45) is 0 Å². The van der Waals surface area contributed by atoms with E-state index in [1.165, 1.54) is 13.0 Å². The average molecular weight is 359 g/mol. The number of ether oxygens (including phenoxy) is 1. The molecule has 11 heteroatoms. The SMILES string of the molecule is C[C@H](Nc1ccc([N+](=O)[O-])cc1S(=O)(=O)N1CCOCC1)C(=O)O. The number of rotatable bonds is 6. The van der Waals surface area contributed by atoms with Gasteiger partial charge in [-0.05, 0) is 13.0 Å². The smallest absolute Gasteiger partial charge is 0.325 e. The Bertz CT molecular complexity index is 744. The van der Waals surface area contributed by atoms with E-state index >= 15 is 0 Å². The number of carboxylic acids is 1. The molecule has 1 aromatic rings. The zero-order chi connectivity index (χ0) is 17.9. The van der Waals surface area contributed by atoms with Crippen LogP contribution >= 0.6 is 0 Å². The standard InChI is InChI=1S/C13H17N3O7S/c1-9(13(17)18)14-11-3-2-10(16(19)20)8-12(11)24(21,22)15-4-6-23-7-5-15/h2-3,8-9,14H,4-7H2,1H3,(H,17,18)/t9-/m0/s1. The summed E-state index contributed by atoms with van der Waals surface area (Å²) in [6.45, 7) is 2.04. The molecule has 1 fully saturated rings. The Labute approximate surface area is 138 Å². The molecule has 0 bridgehead atoms. The Morgan fingerprint density at radius 1 is 1.42 bits per heavy atom. The van der Waals surface area contributed by atoms with Crippen LogP contribution in [0.25, 0.3) is 0 Å². The molecule has 0 aliphatic carbocycles. The van der Waals surface area contributed by atoms with Gasteiger partial charge in [0.15, 0.2) is 0 Å². The number of hydrogen-bond acceptors (Lipinski definition) is 7. The average Bonchev–Trinajstić information content (AvgIpc) is 2.55. The molecule has 1 aliphatic heterocycles. The first-order valence-electron chi connectivity index (χ1n) is 7.09. The van der Waals surface area contributed by atoms with Crippen LogP contribution in [0.2, 0.25) is 0 Å². The number of nitrogens with one attached hydrogen (secondary N) is 1. The van der Waals surface area contributed by atoms with Crippen LogP contribution in [0.4, 0.5) is 11.4 Å². The number of non-ortho nitro benzene ring substituents is 1. The zero-order valence-electron chi connectivity index (χ0n) is 12.8. The van der Waals surface area contributed by atoms with Crippen molar-refractivity contribution in [1.82, 2.24) is 4.31 Å². The number of carboxylic acid groups (broad SMARTS) is 1. The lowest BCUT2D eigenvalue weighted by atomic mass is 10.2. The van der Waals surface area contributed by atoms with Gasteiger partial charge in [0.2, 0.25) is 10.0 Å². The number of anilines is 1. The minimum absolute atomic E-state index is 0.00184. The van der Waals surface area contributed by atoms with Crippen molar-refractivity contribution >= 4 is 27.4 Å². The summed E-state index contributed by atoms with van der Waals surface area (Å²) in [5, 5.41) is 22.5. The van der Waals surface area contributed by atoms with Crippen molar-refractivity contribution in [2.75, 3.05) is 31.6 Å². The fourth-order valence-electron chi connectivity index (χ4n) is 2.18. The highest BCUT2D eigenvalue weighted by molar-refractivity contribution is 7.89. The topological polar surface area (TPSA) is 139 Å². The lowest BCUT2D eigenvalue weighted by Crippen LogP contribution is -2.41. The number of nitrogens with zero attached hydrogens (tertiary/aromatic N) is 2. The first-order chi connectivity index (χ1) is 11.2. The van der Waals surface area contributed by atoms with Gasteiger partial charge in [-0.15, -0.1) is 0 Å². The highest BCUT2D eigenvalue weighted by atomic mass is 32.2. The predicted octanol–water partition coefficient (Wildman–Crippen LogP) is 0.501. The van der Waals surface area contributed by atoms with Gasteiger partial charge in [-0.2, -0.15) is 4.31 Å². The van der Waals surface area contributed by atoms with Gasteiger partial charge in [0, 0.05) is 25.2 Å². The number of sulfonamides is 1. The Hall–Kier alpha value is -2.24. The Balaban J connectivity index is 2.48. The molecule has 0 saturated carbocycles. The number of aliphatic carboxylic acids is 1. The third-order valence-corrected chi connectivity index (χ3v) is 5.44. The maximum Gasteiger partial charge on any atom is 0.325 e. The molecule has 24 heavy (non-hydrogen) atoms. The second-order valence-corrected chi connectivity index (χ2v) is 7.06. The van der Waals surface area contributed by atoms with Gasteiger partial charge >= 0.3 is 5.97 Å². The van der Waals surface area contributed by atoms with Crippen LogP contribution in [0.1, 0.15) is 6.92 Å². The second kappa shape index (κ2) is 7.11. The summed E-state index contributed by atoms with van der Waals surface area (Å²) in [5.41, 5.74) is -0.391. The Morgan fingerprint density at radius 2 is 2.04 bits per heavy atom. The van der Waals surface area contributed by atoms with Crippen molar-refractivity contribution in [3.63, 3.8) is 0 Å². The fourth-order valence-corrected chi connectivity index (χ4v) is 3.76. The number of benzene rings is 1. The van der Waals surface area contributed by atoms with Crippen molar-refractivity contribution < 1.29 is 28.0 Å². The van der Waals surface area contributed by atoms with Gasteiger partial charge in [0.25, 0.3) is 5.69 Å². The minimum atomic E-state index is -4.03. The molecular weight excluding hydrogens is 342 g/mol. The summed E-state index contributed by atoms with van der Waals surface area (Å²) < 4.78 is 31.9. The summed E-state index contributed by atoms with van der Waals surface area (Å²) in [4.78, 5) is 20.9. The van der Waals surface area contributed by atoms with Crippen molar-refractivity contribution in [2.45, 2.75) is 17.9 Å². The summed E-state index contributed by atoms with van der Waals surface area (Å²) in [5.74, 6) is -1.18. The van der Waals surface area contributed by atoms with E-state index in [1.54, 1.807) is 0 Å². The molecule has 0 radical (unpaired) electrons. The van der Waals surface area contributed by atoms with Crippen LogP contribution < -0.4 is 5.32 Å². The first-order valence-corrected chi connectivity index (χ1v) is 8.53. The van der Waals surface area contributed by atoms with Crippen molar-refractivity contribution in [3.8, 4) is 0 Å². The maximum absolute atomic E-state index is 12.8. The third kappa shape index (κ3) is 3.80. The highest BCUT2D eigenvalue weighted by Crippen LogP contribution is 2.30. The van der Waals surface area contributed by atoms with E-state index in [-0.39, 0.29) is 36.9 Å². The zero-order valence-corrected chi connectivity index (χ0v) is 13.7. The van der Waals surface area contributed by atoms with E-state index in [1.807, 2.05) is 0 Å². The molecule has 1 heterocycles. The van der Waals surface area contributed by atoms with Gasteiger partial charge < -0.3 is 15.2 Å². The largest absolute Gasteiger partial charge is 0.480 e. The Kier molecular flexibility index (Phi) is 5.36. The quantitative estimate of drug-likeness (QED) is 0.553. The fraction of sp³-hybridized carbons (Fsp3) is 0.462. The molecule has 2 rings (SSSR count). The lowest BCUT2D eigenvalue weighted by molar-refractivity contribution is -0.385. The molecule has 1 atom stereocenters. The van der Waals surface area contributed by atoms with Gasteiger partial charge in [-0.1, -0.05) is 0 Å². The van der Waals surface area contributed by atoms with E-state index in [0.29, 0.717) is 0 Å². The molecule has 132 valence electrons. The number of hydrogen-bond donors (Lipinski definition) is 2. The first kappa shape index (κ1) is 18.1. The van der Waals surface area contributed by atoms with Gasteiger partial charge in [0.1, 0.15) is 10.9 Å². The number of nitro groups is 1. The predicted molar refractivity (Wildman–Crippen MR) is 83.4 cm³/mol. The summed E-state index contributed by atoms with van der Waals surface area (Å²) >= 11 is 0. The summed E-state index contributed by atoms with van der Waals surface area (Å²) in [6.07, 6.45) is 0. The molecule has 1 aromatic carbocycles. The lowest BCUT2D eigenvalue weighted by Gasteiger charge is -2.27. The molecule has 2 N–H and O–H groups in total. The van der Waals surface area contributed by atoms with Crippen LogP contribution in [0.3, 0.4) is 0 Å². The van der Waals surface area contributed by atoms with Crippen molar-refractivity contribution in [3.05, 3.63) is 28.3 Å². The third-order valence-electron chi connectivity index (χ3n) is 3.51. The Morgan fingerprint density at radius 3 is 2.58 bits per heavy atom.